The average Bonchev–Trinajstić information content (AvgIpc) is 3.00. The van der Waals surface area contributed by atoms with E-state index < -0.39 is 29.5 Å². The van der Waals surface area contributed by atoms with Gasteiger partial charge < -0.3 is 15.7 Å². The van der Waals surface area contributed by atoms with E-state index >= 15 is 0 Å². The molecule has 29 heavy (non-hydrogen) atoms. The van der Waals surface area contributed by atoms with Crippen molar-refractivity contribution in [2.24, 2.45) is 0 Å². The Morgan fingerprint density at radius 3 is 2.69 bits per heavy atom. The molecule has 1 aromatic carbocycles. The van der Waals surface area contributed by atoms with E-state index in [2.05, 4.69) is 20.6 Å². The van der Waals surface area contributed by atoms with E-state index in [0.717, 1.165) is 0 Å². The van der Waals surface area contributed by atoms with Gasteiger partial charge in [0.1, 0.15) is 12.6 Å². The first-order valence-corrected chi connectivity index (χ1v) is 8.83. The van der Waals surface area contributed by atoms with E-state index in [1.54, 1.807) is 24.3 Å². The van der Waals surface area contributed by atoms with E-state index in [1.807, 2.05) is 0 Å². The molecule has 0 fully saturated rings. The van der Waals surface area contributed by atoms with Crippen LogP contribution in [0.25, 0.3) is 11.2 Å². The number of fused-ring (bicyclic) bond motifs is 1. The first kappa shape index (κ1) is 20.1. The van der Waals surface area contributed by atoms with Crippen LogP contribution in [0.5, 0.6) is 0 Å². The minimum atomic E-state index is -1.39. The number of hydrogen-bond acceptors (Lipinski definition) is 5. The minimum Gasteiger partial charge on any atom is -0.480 e. The number of aromatic nitrogens is 3. The SMILES string of the molecule is O=C(Cn1c(=O)[nH]c2ncccc21)NC[C@H](NC(=O)c1ccccc1Cl)C(=O)O. The molecule has 0 aliphatic carbocycles. The Hall–Kier alpha value is -3.66. The number of H-pyrrole nitrogens is 1. The van der Waals surface area contributed by atoms with Crippen LogP contribution in [0, 0.1) is 0 Å². The van der Waals surface area contributed by atoms with Crippen LogP contribution >= 0.6 is 11.6 Å². The predicted octanol–water partition coefficient (Wildman–Crippen LogP) is 0.377. The van der Waals surface area contributed by atoms with Gasteiger partial charge in [-0.05, 0) is 24.3 Å². The molecular formula is C18H16ClN5O5. The average molecular weight is 418 g/mol. The minimum absolute atomic E-state index is 0.115. The van der Waals surface area contributed by atoms with Crippen molar-refractivity contribution in [1.29, 1.82) is 0 Å². The highest BCUT2D eigenvalue weighted by Gasteiger charge is 2.22. The number of pyridine rings is 1. The first-order chi connectivity index (χ1) is 13.9. The molecule has 0 saturated heterocycles. The number of rotatable bonds is 7. The Bertz CT molecular complexity index is 1140. The number of carbonyl (C=O) groups excluding carboxylic acids is 2. The normalized spacial score (nSPS) is 11.8. The Kier molecular flexibility index (Phi) is 5.93. The van der Waals surface area contributed by atoms with Gasteiger partial charge in [0.05, 0.1) is 16.1 Å². The summed E-state index contributed by atoms with van der Waals surface area (Å²) in [7, 11) is 0. The summed E-state index contributed by atoms with van der Waals surface area (Å²) in [5.74, 6) is -2.62. The zero-order valence-electron chi connectivity index (χ0n) is 14.9. The Balaban J connectivity index is 1.64. The third kappa shape index (κ3) is 4.61. The molecule has 0 aliphatic heterocycles. The van der Waals surface area contributed by atoms with Crippen molar-refractivity contribution >= 4 is 40.5 Å². The van der Waals surface area contributed by atoms with Gasteiger partial charge in [0.25, 0.3) is 5.91 Å². The number of hydrogen-bond donors (Lipinski definition) is 4. The molecule has 150 valence electrons. The maximum absolute atomic E-state index is 12.2. The molecule has 10 nitrogen and oxygen atoms in total. The summed E-state index contributed by atoms with van der Waals surface area (Å²) < 4.78 is 1.18. The number of amides is 2. The van der Waals surface area contributed by atoms with Crippen LogP contribution in [0.3, 0.4) is 0 Å². The molecular weight excluding hydrogens is 402 g/mol. The van der Waals surface area contributed by atoms with Crippen LogP contribution in [-0.4, -0.2) is 50.0 Å². The van der Waals surface area contributed by atoms with E-state index in [1.165, 1.54) is 22.9 Å². The lowest BCUT2D eigenvalue weighted by Crippen LogP contribution is -2.49. The summed E-state index contributed by atoms with van der Waals surface area (Å²) in [5, 5.41) is 14.2. The van der Waals surface area contributed by atoms with Crippen molar-refractivity contribution < 1.29 is 19.5 Å². The van der Waals surface area contributed by atoms with Crippen molar-refractivity contribution in [3.63, 3.8) is 0 Å². The van der Waals surface area contributed by atoms with Crippen LogP contribution in [-0.2, 0) is 16.1 Å². The van der Waals surface area contributed by atoms with Gasteiger partial charge in [-0.2, -0.15) is 0 Å². The number of aromatic amines is 1. The first-order valence-electron chi connectivity index (χ1n) is 8.45. The van der Waals surface area contributed by atoms with E-state index in [0.29, 0.717) is 11.2 Å². The van der Waals surface area contributed by atoms with Crippen molar-refractivity contribution in [2.75, 3.05) is 6.54 Å². The van der Waals surface area contributed by atoms with Gasteiger partial charge in [-0.15, -0.1) is 0 Å². The second kappa shape index (κ2) is 8.57. The highest BCUT2D eigenvalue weighted by Crippen LogP contribution is 2.14. The van der Waals surface area contributed by atoms with Crippen molar-refractivity contribution in [3.05, 3.63) is 63.7 Å². The van der Waals surface area contributed by atoms with Gasteiger partial charge in [0, 0.05) is 12.7 Å². The van der Waals surface area contributed by atoms with Crippen LogP contribution < -0.4 is 16.3 Å². The second-order valence-corrected chi connectivity index (χ2v) is 6.44. The molecule has 0 unspecified atom stereocenters. The van der Waals surface area contributed by atoms with Gasteiger partial charge >= 0.3 is 11.7 Å². The van der Waals surface area contributed by atoms with E-state index in [4.69, 9.17) is 11.6 Å². The van der Waals surface area contributed by atoms with Gasteiger partial charge in [-0.1, -0.05) is 23.7 Å². The molecule has 0 radical (unpaired) electrons. The lowest BCUT2D eigenvalue weighted by molar-refractivity contribution is -0.139. The van der Waals surface area contributed by atoms with E-state index in [-0.39, 0.29) is 23.7 Å². The smallest absolute Gasteiger partial charge is 0.328 e. The molecule has 0 aliphatic rings. The molecule has 3 aromatic rings. The summed E-state index contributed by atoms with van der Waals surface area (Å²) in [5.41, 5.74) is 0.371. The lowest BCUT2D eigenvalue weighted by atomic mass is 10.2. The van der Waals surface area contributed by atoms with Gasteiger partial charge in [0.2, 0.25) is 5.91 Å². The monoisotopic (exact) mass is 417 g/mol. The van der Waals surface area contributed by atoms with Crippen molar-refractivity contribution in [2.45, 2.75) is 12.6 Å². The van der Waals surface area contributed by atoms with Crippen LogP contribution in [0.15, 0.2) is 47.4 Å². The van der Waals surface area contributed by atoms with Gasteiger partial charge in [-0.25, -0.2) is 14.6 Å². The molecule has 2 aromatic heterocycles. The highest BCUT2D eigenvalue weighted by atomic mass is 35.5. The summed E-state index contributed by atoms with van der Waals surface area (Å²) in [6.07, 6.45) is 1.50. The molecule has 0 bridgehead atoms. The molecule has 2 amide bonds. The van der Waals surface area contributed by atoms with Crippen LogP contribution in [0.1, 0.15) is 10.4 Å². The topological polar surface area (TPSA) is 146 Å². The Labute approximate surface area is 168 Å². The third-order valence-corrected chi connectivity index (χ3v) is 4.40. The number of nitrogens with zero attached hydrogens (tertiary/aromatic N) is 2. The number of carboxylic acid groups (broad SMARTS) is 1. The molecule has 1 atom stereocenters. The fraction of sp³-hybridized carbons (Fsp3) is 0.167. The van der Waals surface area contributed by atoms with Crippen molar-refractivity contribution in [3.8, 4) is 0 Å². The summed E-state index contributed by atoms with van der Waals surface area (Å²) in [4.78, 5) is 54.4. The lowest BCUT2D eigenvalue weighted by Gasteiger charge is -2.16. The maximum Gasteiger partial charge on any atom is 0.328 e. The van der Waals surface area contributed by atoms with Crippen LogP contribution in [0.4, 0.5) is 0 Å². The Morgan fingerprint density at radius 1 is 1.21 bits per heavy atom. The fourth-order valence-corrected chi connectivity index (χ4v) is 2.86. The van der Waals surface area contributed by atoms with Gasteiger partial charge in [0.15, 0.2) is 5.65 Å². The standard InChI is InChI=1S/C18H16ClN5O5/c19-11-5-2-1-4-10(11)16(26)22-12(17(27)28)8-21-14(25)9-24-13-6-3-7-20-15(13)23-18(24)29/h1-7,12H,8-9H2,(H,21,25)(H,22,26)(H,27,28)(H,20,23,29)/t12-/m0/s1. The number of imidazole rings is 1. The number of carbonyl (C=O) groups is 3. The highest BCUT2D eigenvalue weighted by molar-refractivity contribution is 6.33. The quantitative estimate of drug-likeness (QED) is 0.437. The number of nitrogens with one attached hydrogen (secondary N) is 3. The number of benzene rings is 1. The fourth-order valence-electron chi connectivity index (χ4n) is 2.64. The van der Waals surface area contributed by atoms with Crippen molar-refractivity contribution in [1.82, 2.24) is 25.2 Å². The van der Waals surface area contributed by atoms with E-state index in [9.17, 15) is 24.3 Å². The van der Waals surface area contributed by atoms with Gasteiger partial charge in [-0.3, -0.25) is 19.1 Å². The maximum atomic E-state index is 12.2. The Morgan fingerprint density at radius 2 is 1.97 bits per heavy atom. The molecule has 0 spiro atoms. The summed E-state index contributed by atoms with van der Waals surface area (Å²) >= 11 is 5.93. The predicted molar refractivity (Wildman–Crippen MR) is 104 cm³/mol. The number of aliphatic carboxylic acids is 1. The third-order valence-electron chi connectivity index (χ3n) is 4.07. The molecule has 11 heteroatoms. The zero-order chi connectivity index (χ0) is 21.0. The second-order valence-electron chi connectivity index (χ2n) is 6.04. The number of carboxylic acids is 1. The largest absolute Gasteiger partial charge is 0.480 e. The zero-order valence-corrected chi connectivity index (χ0v) is 15.6. The summed E-state index contributed by atoms with van der Waals surface area (Å²) in [6.45, 7) is -0.713. The molecule has 3 rings (SSSR count). The van der Waals surface area contributed by atoms with Crippen LogP contribution in [0.2, 0.25) is 5.02 Å². The summed E-state index contributed by atoms with van der Waals surface area (Å²) in [6, 6.07) is 8.03. The molecule has 2 heterocycles. The molecule has 0 saturated carbocycles. The number of halogens is 1. The molecule has 4 N–H and O–H groups in total.